The number of nitrogens with one attached hydrogen (secondary N) is 1. The summed E-state index contributed by atoms with van der Waals surface area (Å²) in [7, 11) is 0. The molecule has 0 aliphatic carbocycles. The minimum atomic E-state index is -0.952. The molecule has 1 heteroatoms. The van der Waals surface area contributed by atoms with Gasteiger partial charge in [-0.2, -0.15) is 0 Å². The lowest BCUT2D eigenvalue weighted by Gasteiger charge is -2.00. The van der Waals surface area contributed by atoms with Gasteiger partial charge in [-0.3, -0.25) is 0 Å². The molecule has 0 amide bonds. The van der Waals surface area contributed by atoms with E-state index in [0.29, 0.717) is 0 Å². The lowest BCUT2D eigenvalue weighted by Crippen LogP contribution is -1.86. The monoisotopic (exact) mass is 126 g/mol. The smallest absolute Gasteiger partial charge is 0.0639 e. The van der Waals surface area contributed by atoms with Crippen molar-refractivity contribution in [3.05, 3.63) is 24.3 Å². The van der Waals surface area contributed by atoms with Gasteiger partial charge in [0.1, 0.15) is 0 Å². The summed E-state index contributed by atoms with van der Waals surface area (Å²) >= 11 is 0. The van der Waals surface area contributed by atoms with Crippen LogP contribution >= 0.6 is 0 Å². The van der Waals surface area contributed by atoms with E-state index < -0.39 is 5.89 Å². The third-order valence-electron chi connectivity index (χ3n) is 0.899. The van der Waals surface area contributed by atoms with Crippen molar-refractivity contribution < 1.29 is 4.11 Å². The highest BCUT2D eigenvalue weighted by Crippen LogP contribution is 2.06. The third-order valence-corrected chi connectivity index (χ3v) is 0.899. The van der Waals surface area contributed by atoms with Crippen LogP contribution in [0.1, 0.15) is 18.0 Å². The topological polar surface area (TPSA) is 23.9 Å². The van der Waals surface area contributed by atoms with Gasteiger partial charge in [0.2, 0.25) is 0 Å². The molecule has 0 spiro atoms. The average Bonchev–Trinajstić information content (AvgIpc) is 1.98. The van der Waals surface area contributed by atoms with Crippen LogP contribution < -0.4 is 0 Å². The van der Waals surface area contributed by atoms with Crippen LogP contribution in [0.25, 0.3) is 0 Å². The summed E-state index contributed by atoms with van der Waals surface area (Å²) < 4.78 is 22.0. The Balaban J connectivity index is 4.85. The maximum absolute atomic E-state index is 7.52. The van der Waals surface area contributed by atoms with Gasteiger partial charge in [-0.15, -0.1) is 0 Å². The largest absolute Gasteiger partial charge is 0.309 e. The zero-order valence-electron chi connectivity index (χ0n) is 8.78. The van der Waals surface area contributed by atoms with Crippen LogP contribution in [0.15, 0.2) is 24.3 Å². The summed E-state index contributed by atoms with van der Waals surface area (Å²) in [6.45, 7) is 6.74. The zero-order chi connectivity index (χ0) is 9.94. The molecule has 0 rings (SSSR count). The fraction of sp³-hybridized carbons (Fsp3) is 0.375. The van der Waals surface area contributed by atoms with Crippen molar-refractivity contribution >= 4 is 6.21 Å². The second-order valence-corrected chi connectivity index (χ2v) is 1.89. The minimum Gasteiger partial charge on any atom is -0.309 e. The Labute approximate surface area is 60.8 Å². The Bertz CT molecular complexity index is 235. The van der Waals surface area contributed by atoms with E-state index in [4.69, 9.17) is 9.52 Å². The van der Waals surface area contributed by atoms with E-state index in [1.165, 1.54) is 0 Å². The van der Waals surface area contributed by atoms with Crippen molar-refractivity contribution in [1.82, 2.24) is 0 Å². The molecular formula is C8H13N. The lowest BCUT2D eigenvalue weighted by molar-refractivity contribution is 0.795. The number of rotatable bonds is 3. The molecule has 0 atom stereocenters. The van der Waals surface area contributed by atoms with E-state index in [0.717, 1.165) is 6.21 Å². The highest BCUT2D eigenvalue weighted by molar-refractivity contribution is 5.68. The van der Waals surface area contributed by atoms with Crippen LogP contribution in [0, 0.1) is 11.3 Å². The molecule has 0 aromatic carbocycles. The number of hydrogen-bond donors (Lipinski definition) is 1. The van der Waals surface area contributed by atoms with Crippen LogP contribution in [-0.2, 0) is 0 Å². The first-order chi connectivity index (χ1) is 5.30. The van der Waals surface area contributed by atoms with Crippen LogP contribution in [0.5, 0.6) is 0 Å². The first-order valence-corrected chi connectivity index (χ1v) is 2.68. The Kier molecular flexibility index (Phi) is 1.83. The summed E-state index contributed by atoms with van der Waals surface area (Å²) in [6, 6.07) is -0.342. The SMILES string of the molecule is [2H]/C(C=N)=C(\[2H])C(=C)C([2H])(C)C. The van der Waals surface area contributed by atoms with Crippen molar-refractivity contribution in [2.75, 3.05) is 0 Å². The lowest BCUT2D eigenvalue weighted by atomic mass is 10.1. The quantitative estimate of drug-likeness (QED) is 0.443. The molecule has 0 aromatic rings. The fourth-order valence-electron chi connectivity index (χ4n) is 0.248. The Morgan fingerprint density at radius 3 is 2.78 bits per heavy atom. The van der Waals surface area contributed by atoms with E-state index in [2.05, 4.69) is 6.58 Å². The van der Waals surface area contributed by atoms with Gasteiger partial charge >= 0.3 is 0 Å². The van der Waals surface area contributed by atoms with Crippen molar-refractivity contribution in [2.24, 2.45) is 5.89 Å². The maximum Gasteiger partial charge on any atom is 0.0639 e. The Morgan fingerprint density at radius 2 is 2.44 bits per heavy atom. The molecule has 1 N–H and O–H groups in total. The molecule has 0 heterocycles. The molecule has 0 radical (unpaired) electrons. The first-order valence-electron chi connectivity index (χ1n) is 4.18. The van der Waals surface area contributed by atoms with Crippen molar-refractivity contribution in [2.45, 2.75) is 13.8 Å². The standard InChI is InChI=1S/C8H13N/c1-7(2)8(3)5-4-6-9/h4-7,9H,3H2,1-2H3/b5-4-,9-6?/i4D,5D,7D. The fourth-order valence-corrected chi connectivity index (χ4v) is 0.248. The molecule has 0 aliphatic rings. The molecule has 0 aliphatic heterocycles. The molecule has 0 fully saturated rings. The average molecular weight is 126 g/mol. The van der Waals surface area contributed by atoms with E-state index in [-0.39, 0.29) is 17.7 Å². The summed E-state index contributed by atoms with van der Waals surface area (Å²) in [6.07, 6.45) is 0.777. The second kappa shape index (κ2) is 4.07. The van der Waals surface area contributed by atoms with Gasteiger partial charge in [0.25, 0.3) is 0 Å². The summed E-state index contributed by atoms with van der Waals surface area (Å²) in [5.41, 5.74) is 0.260. The van der Waals surface area contributed by atoms with Crippen molar-refractivity contribution in [3.63, 3.8) is 0 Å². The third kappa shape index (κ3) is 3.71. The van der Waals surface area contributed by atoms with Crippen LogP contribution in [-0.4, -0.2) is 6.21 Å². The molecule has 0 saturated carbocycles. The molecule has 1 nitrogen and oxygen atoms in total. The molecule has 50 valence electrons. The van der Waals surface area contributed by atoms with Crippen molar-refractivity contribution in [3.8, 4) is 0 Å². The van der Waals surface area contributed by atoms with Gasteiger partial charge in [-0.25, -0.2) is 0 Å². The highest BCUT2D eigenvalue weighted by atomic mass is 14.3. The van der Waals surface area contributed by atoms with Crippen molar-refractivity contribution in [1.29, 1.82) is 5.41 Å². The second-order valence-electron chi connectivity index (χ2n) is 1.89. The summed E-state index contributed by atoms with van der Waals surface area (Å²) in [5.74, 6) is -0.952. The normalized spacial score (nSPS) is 18.7. The van der Waals surface area contributed by atoms with E-state index in [9.17, 15) is 0 Å². The van der Waals surface area contributed by atoms with Gasteiger partial charge < -0.3 is 5.41 Å². The van der Waals surface area contributed by atoms with Crippen LogP contribution in [0.3, 0.4) is 0 Å². The van der Waals surface area contributed by atoms with E-state index in [1.54, 1.807) is 13.8 Å². The molecule has 0 aromatic heterocycles. The zero-order valence-corrected chi connectivity index (χ0v) is 5.78. The molecule has 0 saturated heterocycles. The highest BCUT2D eigenvalue weighted by Gasteiger charge is 1.91. The number of allylic oxidation sites excluding steroid dienone is 3. The Morgan fingerprint density at radius 1 is 1.89 bits per heavy atom. The van der Waals surface area contributed by atoms with Gasteiger partial charge in [0.15, 0.2) is 0 Å². The summed E-state index contributed by atoms with van der Waals surface area (Å²) in [5, 5.41) is 6.74. The summed E-state index contributed by atoms with van der Waals surface area (Å²) in [4.78, 5) is 0. The molecule has 9 heavy (non-hydrogen) atoms. The van der Waals surface area contributed by atoms with Gasteiger partial charge in [0, 0.05) is 7.59 Å². The minimum absolute atomic E-state index is 0.134. The van der Waals surface area contributed by atoms with Crippen LogP contribution in [0.2, 0.25) is 0 Å². The molecule has 0 unspecified atom stereocenters. The number of hydrogen-bond acceptors (Lipinski definition) is 1. The van der Waals surface area contributed by atoms with E-state index in [1.807, 2.05) is 0 Å². The van der Waals surface area contributed by atoms with Gasteiger partial charge in [-0.1, -0.05) is 32.1 Å². The Hall–Kier alpha value is -0.850. The molecule has 0 bridgehead atoms. The first kappa shape index (κ1) is 4.04. The van der Waals surface area contributed by atoms with Gasteiger partial charge in [-0.05, 0) is 11.9 Å². The predicted molar refractivity (Wildman–Crippen MR) is 41.9 cm³/mol. The van der Waals surface area contributed by atoms with Gasteiger partial charge in [0.05, 0.1) is 2.74 Å². The molecular weight excluding hydrogens is 110 g/mol. The maximum atomic E-state index is 7.52. The predicted octanol–water partition coefficient (Wildman–Crippen LogP) is 2.40. The van der Waals surface area contributed by atoms with E-state index >= 15 is 0 Å². The van der Waals surface area contributed by atoms with Crippen LogP contribution in [0.4, 0.5) is 0 Å².